The van der Waals surface area contributed by atoms with Crippen LogP contribution in [0.4, 0.5) is 0 Å². The van der Waals surface area contributed by atoms with Gasteiger partial charge in [0, 0.05) is 6.04 Å². The first kappa shape index (κ1) is 12.0. The average molecular weight is 235 g/mol. The van der Waals surface area contributed by atoms with Crippen LogP contribution in [0.1, 0.15) is 59.3 Å². The molecule has 0 aromatic rings. The van der Waals surface area contributed by atoms with E-state index in [1.807, 2.05) is 0 Å². The summed E-state index contributed by atoms with van der Waals surface area (Å²) in [6, 6.07) is 0.410. The lowest BCUT2D eigenvalue weighted by Gasteiger charge is -2.62. The molecule has 4 saturated carbocycles. The Labute approximate surface area is 107 Å². The Morgan fingerprint density at radius 2 is 1.65 bits per heavy atom. The van der Waals surface area contributed by atoms with Crippen molar-refractivity contribution in [1.82, 2.24) is 0 Å². The van der Waals surface area contributed by atoms with E-state index in [1.54, 1.807) is 6.42 Å². The summed E-state index contributed by atoms with van der Waals surface area (Å²) < 4.78 is 0. The first-order chi connectivity index (χ1) is 8.00. The Morgan fingerprint density at radius 3 is 2.12 bits per heavy atom. The van der Waals surface area contributed by atoms with Gasteiger partial charge in [0.2, 0.25) is 0 Å². The van der Waals surface area contributed by atoms with Crippen LogP contribution in [0.5, 0.6) is 0 Å². The van der Waals surface area contributed by atoms with Gasteiger partial charge >= 0.3 is 0 Å². The molecule has 4 rings (SSSR count). The molecule has 0 aromatic heterocycles. The first-order valence-electron chi connectivity index (χ1n) is 7.76. The molecule has 4 fully saturated rings. The Kier molecular flexibility index (Phi) is 2.81. The van der Waals surface area contributed by atoms with Crippen molar-refractivity contribution in [2.24, 2.45) is 40.7 Å². The summed E-state index contributed by atoms with van der Waals surface area (Å²) in [4.78, 5) is 0. The van der Waals surface area contributed by atoms with Crippen LogP contribution >= 0.6 is 0 Å². The standard InChI is InChI=1S/C16H29N/c1-10(2)16-7-12-5-13(8-16)15(4-11(3)17)14(6-12)9-16/h10-15H,4-9,17H2,1-3H3. The van der Waals surface area contributed by atoms with E-state index < -0.39 is 0 Å². The highest BCUT2D eigenvalue weighted by Crippen LogP contribution is 2.65. The van der Waals surface area contributed by atoms with Crippen molar-refractivity contribution in [2.45, 2.75) is 65.3 Å². The minimum absolute atomic E-state index is 0.410. The zero-order valence-electron chi connectivity index (χ0n) is 11.8. The van der Waals surface area contributed by atoms with Crippen molar-refractivity contribution in [3.8, 4) is 0 Å². The Bertz CT molecular complexity index is 278. The monoisotopic (exact) mass is 235 g/mol. The van der Waals surface area contributed by atoms with Crippen LogP contribution in [-0.4, -0.2) is 6.04 Å². The van der Waals surface area contributed by atoms with E-state index in [9.17, 15) is 0 Å². The summed E-state index contributed by atoms with van der Waals surface area (Å²) >= 11 is 0. The Morgan fingerprint density at radius 1 is 1.06 bits per heavy atom. The molecule has 0 saturated heterocycles. The van der Waals surface area contributed by atoms with E-state index in [0.717, 1.165) is 35.0 Å². The summed E-state index contributed by atoms with van der Waals surface area (Å²) in [5.41, 5.74) is 6.79. The number of hydrogen-bond acceptors (Lipinski definition) is 1. The summed E-state index contributed by atoms with van der Waals surface area (Å²) in [7, 11) is 0. The van der Waals surface area contributed by atoms with Crippen LogP contribution < -0.4 is 5.73 Å². The van der Waals surface area contributed by atoms with Crippen LogP contribution in [0, 0.1) is 35.0 Å². The largest absolute Gasteiger partial charge is 0.328 e. The lowest BCUT2D eigenvalue weighted by atomic mass is 9.43. The maximum atomic E-state index is 6.07. The average Bonchev–Trinajstić information content (AvgIpc) is 2.22. The fraction of sp³-hybridized carbons (Fsp3) is 1.00. The van der Waals surface area contributed by atoms with Crippen molar-refractivity contribution < 1.29 is 0 Å². The number of nitrogens with two attached hydrogens (primary N) is 1. The molecule has 4 bridgehead atoms. The van der Waals surface area contributed by atoms with Gasteiger partial charge in [-0.1, -0.05) is 13.8 Å². The molecule has 1 nitrogen and oxygen atoms in total. The van der Waals surface area contributed by atoms with Gasteiger partial charge in [-0.15, -0.1) is 0 Å². The van der Waals surface area contributed by atoms with E-state index in [4.69, 9.17) is 5.73 Å². The van der Waals surface area contributed by atoms with Crippen LogP contribution in [0.15, 0.2) is 0 Å². The molecule has 2 N–H and O–H groups in total. The minimum atomic E-state index is 0.410. The molecule has 0 radical (unpaired) electrons. The SMILES string of the molecule is CC(N)CC1C2CC3CC1CC(C(C)C)(C3)C2. The van der Waals surface area contributed by atoms with Crippen molar-refractivity contribution in [3.63, 3.8) is 0 Å². The van der Waals surface area contributed by atoms with Gasteiger partial charge in [0.25, 0.3) is 0 Å². The van der Waals surface area contributed by atoms with Gasteiger partial charge < -0.3 is 5.73 Å². The molecule has 0 aliphatic heterocycles. The molecule has 4 aliphatic carbocycles. The van der Waals surface area contributed by atoms with Crippen LogP contribution in [-0.2, 0) is 0 Å². The smallest absolute Gasteiger partial charge is 0.00133 e. The third kappa shape index (κ3) is 1.85. The van der Waals surface area contributed by atoms with Gasteiger partial charge in [-0.25, -0.2) is 0 Å². The molecular formula is C16H29N. The second-order valence-corrected chi connectivity index (χ2v) is 7.86. The molecule has 1 heteroatoms. The van der Waals surface area contributed by atoms with Crippen molar-refractivity contribution in [3.05, 3.63) is 0 Å². The van der Waals surface area contributed by atoms with Crippen molar-refractivity contribution >= 4 is 0 Å². The first-order valence-corrected chi connectivity index (χ1v) is 7.76. The quantitative estimate of drug-likeness (QED) is 0.790. The highest BCUT2D eigenvalue weighted by molar-refractivity contribution is 5.05. The molecule has 3 atom stereocenters. The molecular weight excluding hydrogens is 206 g/mol. The zero-order valence-corrected chi connectivity index (χ0v) is 11.8. The predicted molar refractivity (Wildman–Crippen MR) is 72.6 cm³/mol. The summed E-state index contributed by atoms with van der Waals surface area (Å²) in [6.07, 6.45) is 8.94. The normalized spacial score (nSPS) is 49.9. The summed E-state index contributed by atoms with van der Waals surface area (Å²) in [5, 5.41) is 0. The molecule has 17 heavy (non-hydrogen) atoms. The fourth-order valence-corrected chi connectivity index (χ4v) is 5.71. The second kappa shape index (κ2) is 3.98. The topological polar surface area (TPSA) is 26.0 Å². The predicted octanol–water partition coefficient (Wildman–Crippen LogP) is 3.82. The zero-order chi connectivity index (χ0) is 12.2. The maximum absolute atomic E-state index is 6.07. The van der Waals surface area contributed by atoms with Gasteiger partial charge in [-0.05, 0) is 80.5 Å². The number of rotatable bonds is 3. The van der Waals surface area contributed by atoms with Gasteiger partial charge in [0.05, 0.1) is 0 Å². The minimum Gasteiger partial charge on any atom is -0.328 e. The Hall–Kier alpha value is -0.0400. The van der Waals surface area contributed by atoms with E-state index in [0.29, 0.717) is 6.04 Å². The van der Waals surface area contributed by atoms with Gasteiger partial charge in [0.15, 0.2) is 0 Å². The van der Waals surface area contributed by atoms with E-state index in [2.05, 4.69) is 20.8 Å². The molecule has 0 aromatic carbocycles. The third-order valence-electron chi connectivity index (χ3n) is 6.38. The van der Waals surface area contributed by atoms with Crippen molar-refractivity contribution in [1.29, 1.82) is 0 Å². The summed E-state index contributed by atoms with van der Waals surface area (Å²) in [6.45, 7) is 7.13. The van der Waals surface area contributed by atoms with Gasteiger partial charge in [0.1, 0.15) is 0 Å². The van der Waals surface area contributed by atoms with Crippen LogP contribution in [0.3, 0.4) is 0 Å². The molecule has 98 valence electrons. The highest BCUT2D eigenvalue weighted by atomic mass is 14.7. The Balaban J connectivity index is 1.81. The van der Waals surface area contributed by atoms with Crippen LogP contribution in [0.25, 0.3) is 0 Å². The third-order valence-corrected chi connectivity index (χ3v) is 6.38. The number of hydrogen-bond donors (Lipinski definition) is 1. The van der Waals surface area contributed by atoms with E-state index >= 15 is 0 Å². The van der Waals surface area contributed by atoms with E-state index in [-0.39, 0.29) is 0 Å². The molecule has 3 unspecified atom stereocenters. The van der Waals surface area contributed by atoms with Gasteiger partial charge in [-0.3, -0.25) is 0 Å². The lowest BCUT2D eigenvalue weighted by Crippen LogP contribution is -2.53. The molecule has 0 spiro atoms. The van der Waals surface area contributed by atoms with Gasteiger partial charge in [-0.2, -0.15) is 0 Å². The van der Waals surface area contributed by atoms with E-state index in [1.165, 1.54) is 32.1 Å². The maximum Gasteiger partial charge on any atom is 0.00133 e. The molecule has 0 amide bonds. The highest BCUT2D eigenvalue weighted by Gasteiger charge is 2.55. The lowest BCUT2D eigenvalue weighted by molar-refractivity contribution is -0.119. The summed E-state index contributed by atoms with van der Waals surface area (Å²) in [5.74, 6) is 4.98. The molecule has 4 aliphatic rings. The van der Waals surface area contributed by atoms with Crippen LogP contribution in [0.2, 0.25) is 0 Å². The second-order valence-electron chi connectivity index (χ2n) is 7.86. The molecule has 0 heterocycles. The van der Waals surface area contributed by atoms with Crippen molar-refractivity contribution in [2.75, 3.05) is 0 Å². The fourth-order valence-electron chi connectivity index (χ4n) is 5.71.